The van der Waals surface area contributed by atoms with Gasteiger partial charge < -0.3 is 9.80 Å². The zero-order valence-corrected chi connectivity index (χ0v) is 15.7. The summed E-state index contributed by atoms with van der Waals surface area (Å²) in [6.07, 6.45) is 3.75. The van der Waals surface area contributed by atoms with Crippen LogP contribution in [-0.4, -0.2) is 42.0 Å². The average molecular weight is 388 g/mol. The van der Waals surface area contributed by atoms with Gasteiger partial charge in [-0.15, -0.1) is 0 Å². The number of likely N-dealkylation sites (tertiary alicyclic amines) is 1. The molecule has 0 radical (unpaired) electrons. The fourth-order valence-corrected chi connectivity index (χ4v) is 3.58. The highest BCUT2D eigenvalue weighted by Crippen LogP contribution is 2.24. The molecule has 1 aromatic carbocycles. The fraction of sp³-hybridized carbons (Fsp3) is 0.368. The zero-order valence-electron chi connectivity index (χ0n) is 14.1. The Hall–Kier alpha value is -1.88. The van der Waals surface area contributed by atoms with Crippen molar-refractivity contribution in [2.45, 2.75) is 25.8 Å². The van der Waals surface area contributed by atoms with E-state index in [0.29, 0.717) is 6.04 Å². The molecule has 1 amide bonds. The lowest BCUT2D eigenvalue weighted by molar-refractivity contribution is 0.0712. The first kappa shape index (κ1) is 17.0. The third kappa shape index (κ3) is 3.46. The van der Waals surface area contributed by atoms with Crippen LogP contribution in [0, 0.1) is 6.92 Å². The molecule has 0 N–H and O–H groups in total. The maximum Gasteiger partial charge on any atom is 0.254 e. The van der Waals surface area contributed by atoms with Crippen LogP contribution in [0.15, 0.2) is 47.1 Å². The minimum absolute atomic E-state index is 0.132. The molecule has 1 aromatic heterocycles. The topological polar surface area (TPSA) is 36.4 Å². The number of hydrogen-bond donors (Lipinski definition) is 0. The highest BCUT2D eigenvalue weighted by atomic mass is 79.9. The summed E-state index contributed by atoms with van der Waals surface area (Å²) >= 11 is 3.51. The third-order valence-electron chi connectivity index (χ3n) is 4.81. The quantitative estimate of drug-likeness (QED) is 0.801. The van der Waals surface area contributed by atoms with Crippen LogP contribution in [-0.2, 0) is 0 Å². The van der Waals surface area contributed by atoms with E-state index in [1.807, 2.05) is 54.4 Å². The molecule has 0 atom stereocenters. The Morgan fingerprint density at radius 3 is 2.62 bits per heavy atom. The molecular formula is C19H22BrN3O. The molecule has 1 aliphatic rings. The van der Waals surface area contributed by atoms with Crippen molar-refractivity contribution in [3.05, 3.63) is 58.2 Å². The largest absolute Gasteiger partial charge is 0.357 e. The monoisotopic (exact) mass is 387 g/mol. The first-order valence-corrected chi connectivity index (χ1v) is 9.05. The van der Waals surface area contributed by atoms with Crippen LogP contribution in [0.5, 0.6) is 0 Å². The normalized spacial score (nSPS) is 15.4. The van der Waals surface area contributed by atoms with E-state index in [4.69, 9.17) is 0 Å². The summed E-state index contributed by atoms with van der Waals surface area (Å²) < 4.78 is 0.984. The number of aromatic nitrogens is 1. The number of rotatable bonds is 3. The molecule has 0 aliphatic carbocycles. The summed E-state index contributed by atoms with van der Waals surface area (Å²) in [6.45, 7) is 3.55. The van der Waals surface area contributed by atoms with E-state index in [-0.39, 0.29) is 5.91 Å². The van der Waals surface area contributed by atoms with Crippen molar-refractivity contribution in [2.75, 3.05) is 25.0 Å². The SMILES string of the molecule is Cc1c(Br)cccc1C(=O)N1CCC(N(C)c2ccccn2)CC1. The number of hydrogen-bond acceptors (Lipinski definition) is 3. The Morgan fingerprint density at radius 1 is 1.21 bits per heavy atom. The predicted octanol–water partition coefficient (Wildman–Crippen LogP) is 3.89. The van der Waals surface area contributed by atoms with Gasteiger partial charge in [-0.2, -0.15) is 0 Å². The van der Waals surface area contributed by atoms with Gasteiger partial charge in [-0.05, 0) is 49.6 Å². The van der Waals surface area contributed by atoms with E-state index in [2.05, 4.69) is 32.9 Å². The number of halogens is 1. The van der Waals surface area contributed by atoms with Gasteiger partial charge >= 0.3 is 0 Å². The molecule has 3 rings (SSSR count). The van der Waals surface area contributed by atoms with Gasteiger partial charge in [0.05, 0.1) is 0 Å². The Kier molecular flexibility index (Phi) is 5.19. The van der Waals surface area contributed by atoms with E-state index in [1.165, 1.54) is 0 Å². The van der Waals surface area contributed by atoms with E-state index in [0.717, 1.165) is 47.3 Å². The van der Waals surface area contributed by atoms with Crippen molar-refractivity contribution >= 4 is 27.7 Å². The summed E-state index contributed by atoms with van der Waals surface area (Å²) in [4.78, 5) is 21.4. The van der Waals surface area contributed by atoms with Crippen LogP contribution in [0.4, 0.5) is 5.82 Å². The second kappa shape index (κ2) is 7.34. The van der Waals surface area contributed by atoms with Crippen molar-refractivity contribution in [1.29, 1.82) is 0 Å². The zero-order chi connectivity index (χ0) is 17.1. The number of piperidine rings is 1. The first-order valence-electron chi connectivity index (χ1n) is 8.26. The lowest BCUT2D eigenvalue weighted by atomic mass is 10.0. The molecule has 0 spiro atoms. The summed E-state index contributed by atoms with van der Waals surface area (Å²) in [5.74, 6) is 1.12. The van der Waals surface area contributed by atoms with Crippen LogP contribution >= 0.6 is 15.9 Å². The van der Waals surface area contributed by atoms with Crippen LogP contribution < -0.4 is 4.90 Å². The maximum atomic E-state index is 12.8. The lowest BCUT2D eigenvalue weighted by Crippen LogP contribution is -2.46. The van der Waals surface area contributed by atoms with Crippen molar-refractivity contribution in [3.8, 4) is 0 Å². The summed E-state index contributed by atoms with van der Waals surface area (Å²) in [5.41, 5.74) is 1.80. The standard InChI is InChI=1S/C19H22BrN3O/c1-14-16(6-5-7-17(14)20)19(24)23-12-9-15(10-13-23)22(2)18-8-3-4-11-21-18/h3-8,11,15H,9-10,12-13H2,1-2H3. The van der Waals surface area contributed by atoms with Crippen molar-refractivity contribution in [2.24, 2.45) is 0 Å². The number of anilines is 1. The molecular weight excluding hydrogens is 366 g/mol. The van der Waals surface area contributed by atoms with Gasteiger partial charge in [0.25, 0.3) is 5.91 Å². The second-order valence-corrected chi connectivity index (χ2v) is 7.09. The smallest absolute Gasteiger partial charge is 0.254 e. The van der Waals surface area contributed by atoms with Gasteiger partial charge in [-0.1, -0.05) is 28.1 Å². The molecule has 1 saturated heterocycles. The fourth-order valence-electron chi connectivity index (χ4n) is 3.22. The molecule has 1 aliphatic heterocycles. The van der Waals surface area contributed by atoms with Crippen LogP contribution in [0.1, 0.15) is 28.8 Å². The van der Waals surface area contributed by atoms with Gasteiger partial charge in [0.15, 0.2) is 0 Å². The minimum Gasteiger partial charge on any atom is -0.357 e. The number of benzene rings is 1. The Morgan fingerprint density at radius 2 is 1.96 bits per heavy atom. The van der Waals surface area contributed by atoms with Gasteiger partial charge in [0.2, 0.25) is 0 Å². The summed E-state index contributed by atoms with van der Waals surface area (Å²) in [6, 6.07) is 12.2. The van der Waals surface area contributed by atoms with Crippen molar-refractivity contribution in [3.63, 3.8) is 0 Å². The van der Waals surface area contributed by atoms with Crippen LogP contribution in [0.3, 0.4) is 0 Å². The maximum absolute atomic E-state index is 12.8. The molecule has 5 heteroatoms. The number of nitrogens with zero attached hydrogens (tertiary/aromatic N) is 3. The first-order chi connectivity index (χ1) is 11.6. The number of carbonyl (C=O) groups is 1. The molecule has 0 bridgehead atoms. The van der Waals surface area contributed by atoms with E-state index >= 15 is 0 Å². The van der Waals surface area contributed by atoms with Crippen molar-refractivity contribution < 1.29 is 4.79 Å². The Labute approximate surface area is 151 Å². The minimum atomic E-state index is 0.132. The van der Waals surface area contributed by atoms with E-state index < -0.39 is 0 Å². The molecule has 2 heterocycles. The van der Waals surface area contributed by atoms with E-state index in [1.54, 1.807) is 0 Å². The third-order valence-corrected chi connectivity index (χ3v) is 5.67. The molecule has 4 nitrogen and oxygen atoms in total. The van der Waals surface area contributed by atoms with Gasteiger partial charge in [0.1, 0.15) is 5.82 Å². The van der Waals surface area contributed by atoms with Crippen LogP contribution in [0.25, 0.3) is 0 Å². The summed E-state index contributed by atoms with van der Waals surface area (Å²) in [7, 11) is 2.09. The second-order valence-electron chi connectivity index (χ2n) is 6.23. The molecule has 1 fully saturated rings. The molecule has 126 valence electrons. The highest BCUT2D eigenvalue weighted by Gasteiger charge is 2.27. The highest BCUT2D eigenvalue weighted by molar-refractivity contribution is 9.10. The predicted molar refractivity (Wildman–Crippen MR) is 100 cm³/mol. The Bertz CT molecular complexity index is 712. The van der Waals surface area contributed by atoms with Crippen LogP contribution in [0.2, 0.25) is 0 Å². The molecule has 24 heavy (non-hydrogen) atoms. The average Bonchev–Trinajstić information content (AvgIpc) is 2.64. The van der Waals surface area contributed by atoms with Gasteiger partial charge in [0, 0.05) is 42.4 Å². The van der Waals surface area contributed by atoms with Gasteiger partial charge in [-0.3, -0.25) is 4.79 Å². The number of amides is 1. The molecule has 2 aromatic rings. The van der Waals surface area contributed by atoms with E-state index in [9.17, 15) is 4.79 Å². The van der Waals surface area contributed by atoms with Crippen molar-refractivity contribution in [1.82, 2.24) is 9.88 Å². The number of pyridine rings is 1. The Balaban J connectivity index is 1.65. The van der Waals surface area contributed by atoms with Gasteiger partial charge in [-0.25, -0.2) is 4.98 Å². The molecule has 0 saturated carbocycles. The number of carbonyl (C=O) groups excluding carboxylic acids is 1. The lowest BCUT2D eigenvalue weighted by Gasteiger charge is -2.37. The summed E-state index contributed by atoms with van der Waals surface area (Å²) in [5, 5.41) is 0. The molecule has 0 unspecified atom stereocenters.